The van der Waals surface area contributed by atoms with Gasteiger partial charge in [-0.1, -0.05) is 30.3 Å². The van der Waals surface area contributed by atoms with E-state index in [1.165, 1.54) is 0 Å². The number of benzene rings is 3. The monoisotopic (exact) mass is 412 g/mol. The van der Waals surface area contributed by atoms with Crippen LogP contribution in [0.5, 0.6) is 0 Å². The van der Waals surface area contributed by atoms with Gasteiger partial charge < -0.3 is 20.1 Å². The minimum atomic E-state index is -0.576. The molecule has 1 aliphatic heterocycles. The number of amides is 1. The molecule has 4 aromatic rings. The summed E-state index contributed by atoms with van der Waals surface area (Å²) >= 11 is 0. The van der Waals surface area contributed by atoms with Crippen LogP contribution in [-0.2, 0) is 17.9 Å². The van der Waals surface area contributed by atoms with Crippen molar-refractivity contribution in [3.05, 3.63) is 70.3 Å². The first-order chi connectivity index (χ1) is 15.1. The highest BCUT2D eigenvalue weighted by molar-refractivity contribution is 6.20. The Labute approximate surface area is 180 Å². The second-order valence-corrected chi connectivity index (χ2v) is 8.52. The zero-order valence-corrected chi connectivity index (χ0v) is 17.6. The van der Waals surface area contributed by atoms with Crippen molar-refractivity contribution in [1.29, 1.82) is 0 Å². The lowest BCUT2D eigenvalue weighted by Gasteiger charge is -2.18. The number of nitrogens with one attached hydrogen (secondary N) is 2. The Kier molecular flexibility index (Phi) is 4.01. The number of carbonyl (C=O) groups excluding carboxylic acids is 1. The second-order valence-electron chi connectivity index (χ2n) is 8.52. The fourth-order valence-corrected chi connectivity index (χ4v) is 5.53. The molecule has 0 bridgehead atoms. The van der Waals surface area contributed by atoms with Crippen molar-refractivity contribution >= 4 is 27.7 Å². The Balaban J connectivity index is 1.75. The minimum Gasteiger partial charge on any atom is -0.392 e. The Morgan fingerprint density at radius 2 is 2.03 bits per heavy atom. The van der Waals surface area contributed by atoms with Gasteiger partial charge in [0.15, 0.2) is 0 Å². The Bertz CT molecular complexity index is 1380. The summed E-state index contributed by atoms with van der Waals surface area (Å²) in [6.45, 7) is 5.57. The van der Waals surface area contributed by atoms with Crippen LogP contribution in [0.25, 0.3) is 32.9 Å². The molecule has 1 amide bonds. The molecule has 3 N–H and O–H groups in total. The zero-order chi connectivity index (χ0) is 21.3. The number of ether oxygens (including phenoxy) is 1. The van der Waals surface area contributed by atoms with E-state index in [0.29, 0.717) is 19.8 Å². The predicted molar refractivity (Wildman–Crippen MR) is 121 cm³/mol. The van der Waals surface area contributed by atoms with Gasteiger partial charge in [-0.3, -0.25) is 4.79 Å². The molecule has 3 aromatic carbocycles. The number of hydrogen-bond acceptors (Lipinski definition) is 3. The van der Waals surface area contributed by atoms with Gasteiger partial charge in [0.2, 0.25) is 0 Å². The number of carbonyl (C=O) groups is 1. The highest BCUT2D eigenvalue weighted by atomic mass is 16.5. The van der Waals surface area contributed by atoms with Crippen LogP contribution in [-0.4, -0.2) is 28.7 Å². The lowest BCUT2D eigenvalue weighted by Crippen LogP contribution is -2.15. The summed E-state index contributed by atoms with van der Waals surface area (Å²) in [7, 11) is 0. The van der Waals surface area contributed by atoms with Crippen molar-refractivity contribution in [1.82, 2.24) is 10.3 Å². The maximum atomic E-state index is 13.0. The van der Waals surface area contributed by atoms with E-state index >= 15 is 0 Å². The molecule has 2 aliphatic rings. The molecule has 0 spiro atoms. The number of hydrogen-bond donors (Lipinski definition) is 3. The molecule has 31 heavy (non-hydrogen) atoms. The maximum Gasteiger partial charge on any atom is 0.252 e. The molecule has 0 saturated carbocycles. The molecule has 2 heterocycles. The van der Waals surface area contributed by atoms with Crippen LogP contribution in [0, 0.1) is 0 Å². The Morgan fingerprint density at radius 1 is 1.19 bits per heavy atom. The van der Waals surface area contributed by atoms with Gasteiger partial charge in [-0.05, 0) is 53.8 Å². The Hall–Kier alpha value is -3.15. The topological polar surface area (TPSA) is 74.3 Å². The molecule has 0 radical (unpaired) electrons. The van der Waals surface area contributed by atoms with E-state index in [0.717, 1.165) is 60.8 Å². The van der Waals surface area contributed by atoms with Crippen LogP contribution in [0.15, 0.2) is 42.5 Å². The van der Waals surface area contributed by atoms with E-state index in [-0.39, 0.29) is 11.8 Å². The van der Waals surface area contributed by atoms with Crippen molar-refractivity contribution in [2.24, 2.45) is 0 Å². The SMILES string of the molecule is CCOCc1ccc2[nH]c3c4c(c5c(c3c2c1)CNC5=O)-c1ccccc1C4C(C)O. The highest BCUT2D eigenvalue weighted by Gasteiger charge is 2.40. The van der Waals surface area contributed by atoms with Crippen molar-refractivity contribution in [3.8, 4) is 11.1 Å². The van der Waals surface area contributed by atoms with E-state index in [1.54, 1.807) is 0 Å². The molecule has 0 saturated heterocycles. The van der Waals surface area contributed by atoms with E-state index in [1.807, 2.05) is 26.0 Å². The number of aliphatic hydroxyl groups excluding tert-OH is 1. The lowest BCUT2D eigenvalue weighted by molar-refractivity contribution is 0.0966. The molecule has 1 aliphatic carbocycles. The Morgan fingerprint density at radius 3 is 2.84 bits per heavy atom. The smallest absolute Gasteiger partial charge is 0.252 e. The number of fused-ring (bicyclic) bond motifs is 10. The van der Waals surface area contributed by atoms with Gasteiger partial charge in [0.1, 0.15) is 0 Å². The summed E-state index contributed by atoms with van der Waals surface area (Å²) in [5, 5.41) is 16.0. The number of aromatic nitrogens is 1. The van der Waals surface area contributed by atoms with Gasteiger partial charge >= 0.3 is 0 Å². The van der Waals surface area contributed by atoms with Gasteiger partial charge in [0.25, 0.3) is 5.91 Å². The fraction of sp³-hybridized carbons (Fsp3) is 0.269. The highest BCUT2D eigenvalue weighted by Crippen LogP contribution is 2.53. The van der Waals surface area contributed by atoms with Crippen LogP contribution < -0.4 is 5.32 Å². The first-order valence-electron chi connectivity index (χ1n) is 10.9. The van der Waals surface area contributed by atoms with Crippen molar-refractivity contribution in [2.75, 3.05) is 6.61 Å². The molecule has 2 unspecified atom stereocenters. The molecule has 5 nitrogen and oxygen atoms in total. The zero-order valence-electron chi connectivity index (χ0n) is 17.6. The third-order valence-electron chi connectivity index (χ3n) is 6.74. The average molecular weight is 412 g/mol. The standard InChI is InChI=1S/C26H24N2O3/c1-3-31-12-14-8-9-19-17(10-14)21-18-11-27-26(30)23(18)22-16-7-5-4-6-15(16)20(13(2)29)24(22)25(21)28-19/h4-10,13,20,28-29H,3,11-12H2,1-2H3,(H,27,30). The fourth-order valence-electron chi connectivity index (χ4n) is 5.53. The number of aromatic amines is 1. The number of rotatable bonds is 4. The summed E-state index contributed by atoms with van der Waals surface area (Å²) < 4.78 is 5.62. The van der Waals surface area contributed by atoms with E-state index in [4.69, 9.17) is 4.74 Å². The molecule has 5 heteroatoms. The number of aliphatic hydroxyl groups is 1. The van der Waals surface area contributed by atoms with Gasteiger partial charge in [-0.2, -0.15) is 0 Å². The van der Waals surface area contributed by atoms with Crippen molar-refractivity contribution < 1.29 is 14.6 Å². The van der Waals surface area contributed by atoms with Crippen molar-refractivity contribution in [3.63, 3.8) is 0 Å². The summed E-state index contributed by atoms with van der Waals surface area (Å²) in [4.78, 5) is 16.7. The minimum absolute atomic E-state index is 0.0333. The van der Waals surface area contributed by atoms with Crippen molar-refractivity contribution in [2.45, 2.75) is 39.0 Å². The van der Waals surface area contributed by atoms with Crippen LogP contribution in [0.1, 0.15) is 52.4 Å². The van der Waals surface area contributed by atoms with E-state index < -0.39 is 6.10 Å². The van der Waals surface area contributed by atoms with Gasteiger partial charge in [-0.15, -0.1) is 0 Å². The predicted octanol–water partition coefficient (Wildman–Crippen LogP) is 4.59. The summed E-state index contributed by atoms with van der Waals surface area (Å²) in [6, 6.07) is 14.5. The van der Waals surface area contributed by atoms with Crippen LogP contribution in [0.2, 0.25) is 0 Å². The van der Waals surface area contributed by atoms with Crippen LogP contribution in [0.3, 0.4) is 0 Å². The maximum absolute atomic E-state index is 13.0. The third-order valence-corrected chi connectivity index (χ3v) is 6.74. The molecule has 6 rings (SSSR count). The number of H-pyrrole nitrogens is 1. The summed E-state index contributed by atoms with van der Waals surface area (Å²) in [5.74, 6) is -0.211. The largest absolute Gasteiger partial charge is 0.392 e. The summed E-state index contributed by atoms with van der Waals surface area (Å²) in [6.07, 6.45) is -0.576. The summed E-state index contributed by atoms with van der Waals surface area (Å²) in [5.41, 5.74) is 9.10. The van der Waals surface area contributed by atoms with E-state index in [2.05, 4.69) is 40.6 Å². The lowest BCUT2D eigenvalue weighted by atomic mass is 9.87. The molecule has 156 valence electrons. The average Bonchev–Trinajstić information content (AvgIpc) is 3.43. The quantitative estimate of drug-likeness (QED) is 0.459. The second kappa shape index (κ2) is 6.67. The van der Waals surface area contributed by atoms with Gasteiger partial charge in [0.05, 0.1) is 23.8 Å². The van der Waals surface area contributed by atoms with Gasteiger partial charge in [-0.25, -0.2) is 0 Å². The van der Waals surface area contributed by atoms with E-state index in [9.17, 15) is 9.90 Å². The molecule has 1 aromatic heterocycles. The molecular formula is C26H24N2O3. The van der Waals surface area contributed by atoms with Gasteiger partial charge in [0, 0.05) is 40.9 Å². The normalized spacial score (nSPS) is 17.6. The molecule has 2 atom stereocenters. The first-order valence-corrected chi connectivity index (χ1v) is 10.9. The van der Waals surface area contributed by atoms with Crippen LogP contribution >= 0.6 is 0 Å². The molecule has 0 fully saturated rings. The third kappa shape index (κ3) is 2.47. The molecular weight excluding hydrogens is 388 g/mol. The van der Waals surface area contributed by atoms with Crippen LogP contribution in [0.4, 0.5) is 0 Å². The first kappa shape index (κ1) is 18.6.